The lowest BCUT2D eigenvalue weighted by Gasteiger charge is -2.31. The van der Waals surface area contributed by atoms with Crippen molar-refractivity contribution in [2.45, 2.75) is 44.8 Å². The van der Waals surface area contributed by atoms with Crippen molar-refractivity contribution in [3.63, 3.8) is 0 Å². The van der Waals surface area contributed by atoms with Crippen LogP contribution in [0, 0.1) is 0 Å². The van der Waals surface area contributed by atoms with Crippen LogP contribution in [0.2, 0.25) is 0 Å². The molecule has 2 atom stereocenters. The summed E-state index contributed by atoms with van der Waals surface area (Å²) in [6, 6.07) is -0.565. The standard InChI is InChI=1S/C13H26N2O3/c1-3-7-15(13(16)12(14)10-17-2)9-11-6-4-5-8-18-11/h11-12H,3-10,14H2,1-2H3. The van der Waals surface area contributed by atoms with Crippen LogP contribution in [0.25, 0.3) is 0 Å². The van der Waals surface area contributed by atoms with Crippen molar-refractivity contribution < 1.29 is 14.3 Å². The van der Waals surface area contributed by atoms with Gasteiger partial charge in [-0.15, -0.1) is 0 Å². The quantitative estimate of drug-likeness (QED) is 0.732. The molecule has 1 fully saturated rings. The molecule has 0 aliphatic carbocycles. The van der Waals surface area contributed by atoms with Gasteiger partial charge in [-0.1, -0.05) is 6.92 Å². The Morgan fingerprint density at radius 1 is 1.56 bits per heavy atom. The van der Waals surface area contributed by atoms with E-state index in [1.165, 1.54) is 6.42 Å². The number of carbonyl (C=O) groups excluding carboxylic acids is 1. The first kappa shape index (κ1) is 15.4. The monoisotopic (exact) mass is 258 g/mol. The first-order valence-corrected chi connectivity index (χ1v) is 6.84. The molecule has 5 nitrogen and oxygen atoms in total. The number of hydrogen-bond acceptors (Lipinski definition) is 4. The van der Waals surface area contributed by atoms with Crippen LogP contribution in [0.4, 0.5) is 0 Å². The van der Waals surface area contributed by atoms with Gasteiger partial charge in [-0.3, -0.25) is 4.79 Å². The summed E-state index contributed by atoms with van der Waals surface area (Å²) in [5.74, 6) is -0.0344. The zero-order valence-corrected chi connectivity index (χ0v) is 11.6. The highest BCUT2D eigenvalue weighted by Gasteiger charge is 2.24. The van der Waals surface area contributed by atoms with E-state index >= 15 is 0 Å². The lowest BCUT2D eigenvalue weighted by Crippen LogP contribution is -2.49. The Morgan fingerprint density at radius 2 is 2.33 bits per heavy atom. The van der Waals surface area contributed by atoms with Gasteiger partial charge in [-0.2, -0.15) is 0 Å². The Labute approximate surface area is 110 Å². The molecule has 1 heterocycles. The van der Waals surface area contributed by atoms with E-state index in [0.29, 0.717) is 6.54 Å². The molecular weight excluding hydrogens is 232 g/mol. The van der Waals surface area contributed by atoms with Gasteiger partial charge in [-0.05, 0) is 25.7 Å². The number of methoxy groups -OCH3 is 1. The summed E-state index contributed by atoms with van der Waals surface area (Å²) in [5.41, 5.74) is 5.81. The SMILES string of the molecule is CCCN(CC1CCCCO1)C(=O)C(N)COC. The molecule has 18 heavy (non-hydrogen) atoms. The molecule has 0 aromatic heterocycles. The molecular formula is C13H26N2O3. The van der Waals surface area contributed by atoms with Crippen LogP contribution in [0.5, 0.6) is 0 Å². The molecule has 1 aliphatic heterocycles. The highest BCUT2D eigenvalue weighted by molar-refractivity contribution is 5.81. The number of hydrogen-bond donors (Lipinski definition) is 1. The number of nitrogens with two attached hydrogens (primary N) is 1. The number of rotatable bonds is 7. The topological polar surface area (TPSA) is 64.8 Å². The van der Waals surface area contributed by atoms with Crippen molar-refractivity contribution in [1.82, 2.24) is 4.90 Å². The summed E-state index contributed by atoms with van der Waals surface area (Å²) >= 11 is 0. The van der Waals surface area contributed by atoms with Gasteiger partial charge in [0.2, 0.25) is 5.91 Å². The molecule has 1 saturated heterocycles. The average molecular weight is 258 g/mol. The molecule has 5 heteroatoms. The van der Waals surface area contributed by atoms with Gasteiger partial charge in [0, 0.05) is 26.8 Å². The Balaban J connectivity index is 2.48. The maximum absolute atomic E-state index is 12.2. The summed E-state index contributed by atoms with van der Waals surface area (Å²) in [4.78, 5) is 14.0. The Kier molecular flexibility index (Phi) is 7.23. The van der Waals surface area contributed by atoms with Crippen LogP contribution < -0.4 is 5.73 Å². The largest absolute Gasteiger partial charge is 0.383 e. The first-order chi connectivity index (χ1) is 8.69. The van der Waals surface area contributed by atoms with E-state index in [2.05, 4.69) is 6.92 Å². The van der Waals surface area contributed by atoms with E-state index in [-0.39, 0.29) is 18.6 Å². The Bertz CT molecular complexity index is 242. The molecule has 106 valence electrons. The van der Waals surface area contributed by atoms with Crippen LogP contribution >= 0.6 is 0 Å². The minimum Gasteiger partial charge on any atom is -0.383 e. The third-order valence-electron chi connectivity index (χ3n) is 3.17. The van der Waals surface area contributed by atoms with Gasteiger partial charge in [-0.25, -0.2) is 0 Å². The van der Waals surface area contributed by atoms with Crippen LogP contribution in [-0.2, 0) is 14.3 Å². The second-order valence-electron chi connectivity index (χ2n) is 4.83. The molecule has 0 bridgehead atoms. The molecule has 0 aromatic rings. The lowest BCUT2D eigenvalue weighted by molar-refractivity contribution is -0.136. The van der Waals surface area contributed by atoms with Gasteiger partial charge in [0.05, 0.1) is 12.7 Å². The van der Waals surface area contributed by atoms with Crippen LogP contribution in [0.3, 0.4) is 0 Å². The predicted molar refractivity (Wildman–Crippen MR) is 70.3 cm³/mol. The van der Waals surface area contributed by atoms with Crippen molar-refractivity contribution in [3.05, 3.63) is 0 Å². The van der Waals surface area contributed by atoms with E-state index in [4.69, 9.17) is 15.2 Å². The fourth-order valence-electron chi connectivity index (χ4n) is 2.24. The Morgan fingerprint density at radius 3 is 2.89 bits per heavy atom. The fourth-order valence-corrected chi connectivity index (χ4v) is 2.24. The predicted octanol–water partition coefficient (Wildman–Crippen LogP) is 0.768. The zero-order chi connectivity index (χ0) is 13.4. The molecule has 1 aliphatic rings. The first-order valence-electron chi connectivity index (χ1n) is 6.84. The van der Waals surface area contributed by atoms with E-state index in [1.54, 1.807) is 7.11 Å². The summed E-state index contributed by atoms with van der Waals surface area (Å²) in [7, 11) is 1.56. The van der Waals surface area contributed by atoms with E-state index in [9.17, 15) is 4.79 Å². The van der Waals surface area contributed by atoms with Gasteiger partial charge in [0.25, 0.3) is 0 Å². The lowest BCUT2D eigenvalue weighted by atomic mass is 10.1. The number of nitrogens with zero attached hydrogens (tertiary/aromatic N) is 1. The normalized spacial score (nSPS) is 21.6. The summed E-state index contributed by atoms with van der Waals surface area (Å²) in [5, 5.41) is 0. The van der Waals surface area contributed by atoms with Crippen molar-refractivity contribution in [2.75, 3.05) is 33.4 Å². The van der Waals surface area contributed by atoms with Gasteiger partial charge in [0.15, 0.2) is 0 Å². The van der Waals surface area contributed by atoms with Crippen molar-refractivity contribution >= 4 is 5.91 Å². The Hall–Kier alpha value is -0.650. The van der Waals surface area contributed by atoms with Gasteiger partial charge in [0.1, 0.15) is 6.04 Å². The third-order valence-corrected chi connectivity index (χ3v) is 3.17. The molecule has 1 rings (SSSR count). The average Bonchev–Trinajstić information content (AvgIpc) is 2.39. The highest BCUT2D eigenvalue weighted by Crippen LogP contribution is 2.14. The van der Waals surface area contributed by atoms with Crippen molar-refractivity contribution in [2.24, 2.45) is 5.73 Å². The van der Waals surface area contributed by atoms with E-state index in [0.717, 1.165) is 32.4 Å². The maximum Gasteiger partial charge on any atom is 0.241 e. The number of carbonyl (C=O) groups is 1. The van der Waals surface area contributed by atoms with Gasteiger partial charge >= 0.3 is 0 Å². The summed E-state index contributed by atoms with van der Waals surface area (Å²) in [6.07, 6.45) is 4.44. The summed E-state index contributed by atoms with van der Waals surface area (Å²) in [6.45, 7) is 4.53. The zero-order valence-electron chi connectivity index (χ0n) is 11.6. The molecule has 0 radical (unpaired) electrons. The second-order valence-corrected chi connectivity index (χ2v) is 4.83. The smallest absolute Gasteiger partial charge is 0.241 e. The van der Waals surface area contributed by atoms with Gasteiger partial charge < -0.3 is 20.1 Å². The molecule has 1 amide bonds. The molecule has 0 aromatic carbocycles. The maximum atomic E-state index is 12.2. The second kappa shape index (κ2) is 8.45. The molecule has 0 spiro atoms. The van der Waals surface area contributed by atoms with Crippen molar-refractivity contribution in [1.29, 1.82) is 0 Å². The molecule has 2 unspecified atom stereocenters. The van der Waals surface area contributed by atoms with E-state index in [1.807, 2.05) is 4.90 Å². The molecule has 0 saturated carbocycles. The number of amides is 1. The molecule has 2 N–H and O–H groups in total. The third kappa shape index (κ3) is 4.92. The van der Waals surface area contributed by atoms with Crippen LogP contribution in [0.1, 0.15) is 32.6 Å². The van der Waals surface area contributed by atoms with Crippen LogP contribution in [0.15, 0.2) is 0 Å². The minimum absolute atomic E-state index is 0.0344. The number of ether oxygens (including phenoxy) is 2. The van der Waals surface area contributed by atoms with Crippen LogP contribution in [-0.4, -0.2) is 56.4 Å². The fraction of sp³-hybridized carbons (Fsp3) is 0.923. The van der Waals surface area contributed by atoms with E-state index < -0.39 is 6.04 Å². The summed E-state index contributed by atoms with van der Waals surface area (Å²) < 4.78 is 10.6. The van der Waals surface area contributed by atoms with Crippen molar-refractivity contribution in [3.8, 4) is 0 Å². The highest BCUT2D eigenvalue weighted by atomic mass is 16.5. The minimum atomic E-state index is -0.565.